The van der Waals surface area contributed by atoms with Crippen LogP contribution in [0.2, 0.25) is 10.0 Å². The molecule has 1 heterocycles. The molecular weight excluding hydrogens is 477 g/mol. The number of aromatic nitrogens is 3. The van der Waals surface area contributed by atoms with Gasteiger partial charge in [-0.2, -0.15) is 0 Å². The van der Waals surface area contributed by atoms with E-state index in [-0.39, 0.29) is 11.6 Å². The van der Waals surface area contributed by atoms with Crippen molar-refractivity contribution in [2.45, 2.75) is 6.92 Å². The molecule has 0 aliphatic carbocycles. The summed E-state index contributed by atoms with van der Waals surface area (Å²) >= 11 is 11.9. The zero-order chi connectivity index (χ0) is 24.1. The van der Waals surface area contributed by atoms with E-state index in [9.17, 15) is 9.59 Å². The molecule has 0 fully saturated rings. The number of ketones is 1. The summed E-state index contributed by atoms with van der Waals surface area (Å²) in [6.45, 7) is 2.00. The van der Waals surface area contributed by atoms with Crippen LogP contribution in [-0.2, 0) is 4.74 Å². The molecule has 0 saturated carbocycles. The predicted octanol–water partition coefficient (Wildman–Crippen LogP) is 5.68. The molecule has 0 unspecified atom stereocenters. The first kappa shape index (κ1) is 23.5. The Morgan fingerprint density at radius 1 is 0.882 bits per heavy atom. The topological polar surface area (TPSA) is 83.3 Å². The number of rotatable bonds is 8. The fourth-order valence-corrected chi connectivity index (χ4v) is 3.38. The zero-order valence-electron chi connectivity index (χ0n) is 18.1. The number of nitrogens with zero attached hydrogens (tertiary/aromatic N) is 3. The van der Waals surface area contributed by atoms with Crippen LogP contribution < -0.4 is 4.74 Å². The summed E-state index contributed by atoms with van der Waals surface area (Å²) < 4.78 is 12.2. The standard InChI is InChI=1S/C25H19Cl2N3O4/c1-2-33-21-13-11-20(12-14-21)30-24(17-5-9-19(27)10-6-17)28-23(29-30)25(32)34-15-22(31)16-3-7-18(26)8-4-16/h3-14H,2,15H2,1H3. The maximum atomic E-state index is 12.7. The van der Waals surface area contributed by atoms with Crippen molar-refractivity contribution in [3.63, 3.8) is 0 Å². The zero-order valence-corrected chi connectivity index (χ0v) is 19.6. The fraction of sp³-hybridized carbons (Fsp3) is 0.120. The minimum Gasteiger partial charge on any atom is -0.494 e. The SMILES string of the molecule is CCOc1ccc(-n2nc(C(=O)OCC(=O)c3ccc(Cl)cc3)nc2-c2ccc(Cl)cc2)cc1. The Balaban J connectivity index is 1.60. The van der Waals surface area contributed by atoms with Crippen molar-refractivity contribution in [2.24, 2.45) is 0 Å². The van der Waals surface area contributed by atoms with Crippen molar-refractivity contribution < 1.29 is 19.1 Å². The number of ether oxygens (including phenoxy) is 2. The summed E-state index contributed by atoms with van der Waals surface area (Å²) in [5.41, 5.74) is 1.74. The third-order valence-corrected chi connectivity index (χ3v) is 5.29. The van der Waals surface area contributed by atoms with Crippen LogP contribution in [0.15, 0.2) is 72.8 Å². The molecule has 34 heavy (non-hydrogen) atoms. The molecule has 1 aromatic heterocycles. The molecule has 4 aromatic rings. The Morgan fingerprint density at radius 3 is 2.12 bits per heavy atom. The van der Waals surface area contributed by atoms with Crippen LogP contribution in [0.4, 0.5) is 0 Å². The van der Waals surface area contributed by atoms with E-state index in [0.717, 1.165) is 0 Å². The quantitative estimate of drug-likeness (QED) is 0.231. The summed E-state index contributed by atoms with van der Waals surface area (Å²) in [6, 6.07) is 20.5. The fourth-order valence-electron chi connectivity index (χ4n) is 3.13. The van der Waals surface area contributed by atoms with Crippen molar-refractivity contribution in [1.82, 2.24) is 14.8 Å². The smallest absolute Gasteiger partial charge is 0.378 e. The molecule has 9 heteroatoms. The molecule has 0 N–H and O–H groups in total. The number of hydrogen-bond acceptors (Lipinski definition) is 6. The Bertz CT molecular complexity index is 1300. The Labute approximate surface area is 205 Å². The van der Waals surface area contributed by atoms with Crippen LogP contribution in [0.5, 0.6) is 5.75 Å². The molecule has 0 saturated heterocycles. The summed E-state index contributed by atoms with van der Waals surface area (Å²) in [6.07, 6.45) is 0. The van der Waals surface area contributed by atoms with Crippen molar-refractivity contribution in [3.05, 3.63) is 94.2 Å². The molecule has 172 valence electrons. The first-order valence-corrected chi connectivity index (χ1v) is 11.1. The lowest BCUT2D eigenvalue weighted by molar-refractivity contribution is 0.0462. The van der Waals surface area contributed by atoms with E-state index in [2.05, 4.69) is 10.1 Å². The van der Waals surface area contributed by atoms with Gasteiger partial charge in [0.25, 0.3) is 5.82 Å². The second kappa shape index (κ2) is 10.5. The second-order valence-corrected chi connectivity index (χ2v) is 7.98. The largest absolute Gasteiger partial charge is 0.494 e. The molecule has 0 aliphatic heterocycles. The van der Waals surface area contributed by atoms with E-state index in [1.54, 1.807) is 72.8 Å². The number of carbonyl (C=O) groups excluding carboxylic acids is 2. The molecule has 0 radical (unpaired) electrons. The Morgan fingerprint density at radius 2 is 1.50 bits per heavy atom. The minimum atomic E-state index is -0.817. The lowest BCUT2D eigenvalue weighted by atomic mass is 10.1. The van der Waals surface area contributed by atoms with Gasteiger partial charge in [-0.1, -0.05) is 23.2 Å². The molecule has 3 aromatic carbocycles. The molecule has 0 spiro atoms. The third-order valence-electron chi connectivity index (χ3n) is 4.78. The van der Waals surface area contributed by atoms with E-state index < -0.39 is 12.6 Å². The van der Waals surface area contributed by atoms with Gasteiger partial charge in [0, 0.05) is 21.2 Å². The molecule has 4 rings (SSSR count). The molecule has 0 amide bonds. The van der Waals surface area contributed by atoms with E-state index >= 15 is 0 Å². The van der Waals surface area contributed by atoms with Crippen LogP contribution in [0.1, 0.15) is 27.9 Å². The first-order valence-electron chi connectivity index (χ1n) is 10.4. The average Bonchev–Trinajstić information content (AvgIpc) is 3.29. The van der Waals surface area contributed by atoms with Gasteiger partial charge in [0.2, 0.25) is 0 Å². The second-order valence-electron chi connectivity index (χ2n) is 7.11. The maximum absolute atomic E-state index is 12.7. The first-order chi connectivity index (χ1) is 16.4. The van der Waals surface area contributed by atoms with Crippen molar-refractivity contribution in [1.29, 1.82) is 0 Å². The van der Waals surface area contributed by atoms with Gasteiger partial charge in [-0.25, -0.2) is 14.5 Å². The van der Waals surface area contributed by atoms with Crippen LogP contribution >= 0.6 is 23.2 Å². The predicted molar refractivity (Wildman–Crippen MR) is 129 cm³/mol. The average molecular weight is 496 g/mol. The van der Waals surface area contributed by atoms with Crippen molar-refractivity contribution >= 4 is 35.0 Å². The van der Waals surface area contributed by atoms with E-state index in [0.29, 0.717) is 45.0 Å². The summed E-state index contributed by atoms with van der Waals surface area (Å²) in [4.78, 5) is 29.4. The third kappa shape index (κ3) is 5.44. The molecule has 0 bridgehead atoms. The van der Waals surface area contributed by atoms with Crippen LogP contribution in [0.25, 0.3) is 17.1 Å². The number of carbonyl (C=O) groups is 2. The number of benzene rings is 3. The number of Topliss-reactive ketones (excluding diaryl/α,β-unsaturated/α-hetero) is 1. The van der Waals surface area contributed by atoms with Gasteiger partial charge < -0.3 is 9.47 Å². The van der Waals surface area contributed by atoms with Gasteiger partial charge in [0.15, 0.2) is 18.2 Å². The van der Waals surface area contributed by atoms with Gasteiger partial charge in [-0.3, -0.25) is 4.79 Å². The van der Waals surface area contributed by atoms with Gasteiger partial charge in [0.05, 0.1) is 12.3 Å². The summed E-state index contributed by atoms with van der Waals surface area (Å²) in [7, 11) is 0. The van der Waals surface area contributed by atoms with Gasteiger partial charge in [0.1, 0.15) is 5.75 Å². The Hall–Kier alpha value is -3.68. The number of halogens is 2. The highest BCUT2D eigenvalue weighted by atomic mass is 35.5. The van der Waals surface area contributed by atoms with Crippen LogP contribution in [0, 0.1) is 0 Å². The van der Waals surface area contributed by atoms with Crippen LogP contribution in [-0.4, -0.2) is 39.7 Å². The lowest BCUT2D eigenvalue weighted by Gasteiger charge is -2.08. The van der Waals surface area contributed by atoms with E-state index in [1.165, 1.54) is 4.68 Å². The highest BCUT2D eigenvalue weighted by Crippen LogP contribution is 2.24. The molecular formula is C25H19Cl2N3O4. The normalized spacial score (nSPS) is 10.7. The summed E-state index contributed by atoms with van der Waals surface area (Å²) in [5.74, 6) is -0.240. The van der Waals surface area contributed by atoms with E-state index in [1.807, 2.05) is 6.92 Å². The van der Waals surface area contributed by atoms with Gasteiger partial charge in [-0.15, -0.1) is 5.10 Å². The number of hydrogen-bond donors (Lipinski definition) is 0. The van der Waals surface area contributed by atoms with Crippen LogP contribution in [0.3, 0.4) is 0 Å². The van der Waals surface area contributed by atoms with E-state index in [4.69, 9.17) is 32.7 Å². The number of esters is 1. The lowest BCUT2D eigenvalue weighted by Crippen LogP contribution is -2.15. The highest BCUT2D eigenvalue weighted by molar-refractivity contribution is 6.31. The van der Waals surface area contributed by atoms with Gasteiger partial charge in [-0.05, 0) is 79.7 Å². The maximum Gasteiger partial charge on any atom is 0.378 e. The minimum absolute atomic E-state index is 0.178. The summed E-state index contributed by atoms with van der Waals surface area (Å²) in [5, 5.41) is 5.42. The molecule has 7 nitrogen and oxygen atoms in total. The van der Waals surface area contributed by atoms with Gasteiger partial charge >= 0.3 is 5.97 Å². The molecule has 0 atom stereocenters. The highest BCUT2D eigenvalue weighted by Gasteiger charge is 2.21. The monoisotopic (exact) mass is 495 g/mol. The van der Waals surface area contributed by atoms with Crippen molar-refractivity contribution in [3.8, 4) is 22.8 Å². The van der Waals surface area contributed by atoms with Crippen molar-refractivity contribution in [2.75, 3.05) is 13.2 Å². The Kier molecular flexibility index (Phi) is 7.25. The molecule has 0 aliphatic rings.